The summed E-state index contributed by atoms with van der Waals surface area (Å²) >= 11 is 0. The molecule has 0 saturated carbocycles. The summed E-state index contributed by atoms with van der Waals surface area (Å²) in [7, 11) is 0. The number of rotatable bonds is 5. The largest absolute Gasteiger partial charge is 0.509 e. The van der Waals surface area contributed by atoms with Crippen molar-refractivity contribution in [2.45, 2.75) is 45.6 Å². The lowest BCUT2D eigenvalue weighted by atomic mass is 9.98. The maximum Gasteiger partial charge on any atom is 0.264 e. The molecule has 1 aliphatic rings. The summed E-state index contributed by atoms with van der Waals surface area (Å²) in [4.78, 5) is 25.1. The highest BCUT2D eigenvalue weighted by Gasteiger charge is 2.37. The molecule has 2 aromatic rings. The van der Waals surface area contributed by atoms with Crippen LogP contribution in [-0.2, 0) is 9.59 Å². The lowest BCUT2D eigenvalue weighted by molar-refractivity contribution is -0.120. The molecule has 0 spiro atoms. The van der Waals surface area contributed by atoms with Gasteiger partial charge in [0.05, 0.1) is 0 Å². The van der Waals surface area contributed by atoms with Crippen molar-refractivity contribution >= 4 is 17.5 Å². The third kappa shape index (κ3) is 3.79. The molecule has 1 heterocycles. The molecule has 2 amide bonds. The minimum atomic E-state index is -0.713. The second-order valence-electron chi connectivity index (χ2n) is 7.68. The maximum absolute atomic E-state index is 12.7. The number of amides is 2. The van der Waals surface area contributed by atoms with Crippen LogP contribution < -0.4 is 10.6 Å². The van der Waals surface area contributed by atoms with Crippen molar-refractivity contribution in [2.75, 3.05) is 5.32 Å². The molecule has 2 aromatic carbocycles. The first-order valence-corrected chi connectivity index (χ1v) is 9.53. The zero-order chi connectivity index (χ0) is 20.4. The van der Waals surface area contributed by atoms with Crippen LogP contribution >= 0.6 is 0 Å². The van der Waals surface area contributed by atoms with E-state index in [4.69, 9.17) is 0 Å². The van der Waals surface area contributed by atoms with E-state index in [0.29, 0.717) is 11.6 Å². The number of carbonyl (C=O) groups is 2. The van der Waals surface area contributed by atoms with E-state index in [2.05, 4.69) is 24.5 Å². The van der Waals surface area contributed by atoms with Crippen molar-refractivity contribution in [3.05, 3.63) is 76.6 Å². The van der Waals surface area contributed by atoms with Crippen LogP contribution in [-0.4, -0.2) is 16.9 Å². The van der Waals surface area contributed by atoms with Gasteiger partial charge in [0.25, 0.3) is 11.8 Å². The Kier molecular flexibility index (Phi) is 5.54. The van der Waals surface area contributed by atoms with E-state index in [9.17, 15) is 14.7 Å². The molecule has 0 aromatic heterocycles. The molecule has 5 heteroatoms. The zero-order valence-corrected chi connectivity index (χ0v) is 16.6. The standard InChI is InChI=1S/C23H26N2O3/c1-13(2)15-9-11-16(12-10-15)20-21(26)19(23(28)25-20)22(27)24-18-8-6-5-7-17(18)14(3)4/h5-14,20,26H,1-4H3,(H,24,27)(H,25,28). The fourth-order valence-electron chi connectivity index (χ4n) is 3.37. The predicted octanol–water partition coefficient (Wildman–Crippen LogP) is 4.56. The molecule has 5 nitrogen and oxygen atoms in total. The van der Waals surface area contributed by atoms with E-state index in [1.165, 1.54) is 5.56 Å². The molecule has 146 valence electrons. The summed E-state index contributed by atoms with van der Waals surface area (Å²) in [5.74, 6) is -0.830. The first-order valence-electron chi connectivity index (χ1n) is 9.53. The summed E-state index contributed by atoms with van der Waals surface area (Å²) in [6, 6.07) is 14.4. The second-order valence-corrected chi connectivity index (χ2v) is 7.68. The van der Waals surface area contributed by atoms with E-state index >= 15 is 0 Å². The van der Waals surface area contributed by atoms with Gasteiger partial charge in [-0.05, 0) is 34.6 Å². The zero-order valence-electron chi connectivity index (χ0n) is 16.6. The van der Waals surface area contributed by atoms with Gasteiger partial charge in [-0.15, -0.1) is 0 Å². The Balaban J connectivity index is 1.86. The number of carbonyl (C=O) groups excluding carboxylic acids is 2. The second kappa shape index (κ2) is 7.89. The topological polar surface area (TPSA) is 78.4 Å². The summed E-state index contributed by atoms with van der Waals surface area (Å²) in [6.07, 6.45) is 0. The maximum atomic E-state index is 12.7. The lowest BCUT2D eigenvalue weighted by Gasteiger charge is -2.14. The number of hydrogen-bond acceptors (Lipinski definition) is 3. The third-order valence-electron chi connectivity index (χ3n) is 5.03. The van der Waals surface area contributed by atoms with Gasteiger partial charge >= 0.3 is 0 Å². The first kappa shape index (κ1) is 19.7. The minimum Gasteiger partial charge on any atom is -0.509 e. The molecule has 1 unspecified atom stereocenters. The van der Waals surface area contributed by atoms with E-state index in [1.54, 1.807) is 6.07 Å². The first-order chi connectivity index (χ1) is 13.3. The molecule has 3 N–H and O–H groups in total. The van der Waals surface area contributed by atoms with Crippen LogP contribution in [0.3, 0.4) is 0 Å². The summed E-state index contributed by atoms with van der Waals surface area (Å²) in [5.41, 5.74) is 3.27. The van der Waals surface area contributed by atoms with Crippen LogP contribution in [0, 0.1) is 0 Å². The van der Waals surface area contributed by atoms with Gasteiger partial charge in [-0.3, -0.25) is 9.59 Å². The van der Waals surface area contributed by atoms with E-state index in [-0.39, 0.29) is 17.3 Å². The number of anilines is 1. The van der Waals surface area contributed by atoms with Gasteiger partial charge < -0.3 is 15.7 Å². The number of aliphatic hydroxyl groups is 1. The van der Waals surface area contributed by atoms with E-state index in [1.807, 2.05) is 56.3 Å². The van der Waals surface area contributed by atoms with Gasteiger partial charge in [-0.1, -0.05) is 70.2 Å². The highest BCUT2D eigenvalue weighted by molar-refractivity contribution is 6.24. The van der Waals surface area contributed by atoms with Crippen LogP contribution in [0.2, 0.25) is 0 Å². The van der Waals surface area contributed by atoms with Crippen molar-refractivity contribution in [2.24, 2.45) is 0 Å². The molecule has 1 aliphatic heterocycles. The highest BCUT2D eigenvalue weighted by Crippen LogP contribution is 2.31. The molecule has 0 saturated heterocycles. The van der Waals surface area contributed by atoms with Crippen molar-refractivity contribution in [1.82, 2.24) is 5.32 Å². The van der Waals surface area contributed by atoms with Crippen molar-refractivity contribution < 1.29 is 14.7 Å². The average molecular weight is 378 g/mol. The van der Waals surface area contributed by atoms with Gasteiger partial charge in [0.1, 0.15) is 17.4 Å². The molecular formula is C23H26N2O3. The lowest BCUT2D eigenvalue weighted by Crippen LogP contribution is -2.26. The summed E-state index contributed by atoms with van der Waals surface area (Å²) in [5, 5.41) is 16.1. The molecule has 0 fully saturated rings. The Morgan fingerprint density at radius 2 is 1.64 bits per heavy atom. The third-order valence-corrected chi connectivity index (χ3v) is 5.03. The fraction of sp³-hybridized carbons (Fsp3) is 0.304. The van der Waals surface area contributed by atoms with Crippen molar-refractivity contribution in [3.63, 3.8) is 0 Å². The van der Waals surface area contributed by atoms with E-state index in [0.717, 1.165) is 11.1 Å². The molecule has 3 rings (SSSR count). The minimum absolute atomic E-state index is 0.212. The van der Waals surface area contributed by atoms with Gasteiger partial charge in [0.2, 0.25) is 0 Å². The Morgan fingerprint density at radius 1 is 1.00 bits per heavy atom. The van der Waals surface area contributed by atoms with Crippen molar-refractivity contribution in [1.29, 1.82) is 0 Å². The Bertz CT molecular complexity index is 927. The quantitative estimate of drug-likeness (QED) is 0.668. The van der Waals surface area contributed by atoms with Gasteiger partial charge in [0.15, 0.2) is 0 Å². The number of hydrogen-bond donors (Lipinski definition) is 3. The van der Waals surface area contributed by atoms with Crippen LogP contribution in [0.15, 0.2) is 59.9 Å². The normalized spacial score (nSPS) is 16.6. The molecule has 0 aliphatic carbocycles. The number of aliphatic hydroxyl groups excluding tert-OH is 1. The Labute approximate surface area is 165 Å². The molecule has 1 atom stereocenters. The van der Waals surface area contributed by atoms with Crippen LogP contribution in [0.5, 0.6) is 0 Å². The summed E-state index contributed by atoms with van der Waals surface area (Å²) < 4.78 is 0. The average Bonchev–Trinajstić information content (AvgIpc) is 2.96. The van der Waals surface area contributed by atoms with E-state index < -0.39 is 17.9 Å². The highest BCUT2D eigenvalue weighted by atomic mass is 16.3. The van der Waals surface area contributed by atoms with Crippen molar-refractivity contribution in [3.8, 4) is 0 Å². The molecule has 0 bridgehead atoms. The molecule has 0 radical (unpaired) electrons. The smallest absolute Gasteiger partial charge is 0.264 e. The number of para-hydroxylation sites is 1. The fourth-order valence-corrected chi connectivity index (χ4v) is 3.37. The van der Waals surface area contributed by atoms with Gasteiger partial charge in [0, 0.05) is 5.69 Å². The number of nitrogens with one attached hydrogen (secondary N) is 2. The summed E-state index contributed by atoms with van der Waals surface area (Å²) in [6.45, 7) is 8.25. The van der Waals surface area contributed by atoms with Crippen LogP contribution in [0.4, 0.5) is 5.69 Å². The molecule has 28 heavy (non-hydrogen) atoms. The monoisotopic (exact) mass is 378 g/mol. The van der Waals surface area contributed by atoms with Gasteiger partial charge in [-0.25, -0.2) is 0 Å². The predicted molar refractivity (Wildman–Crippen MR) is 110 cm³/mol. The number of benzene rings is 2. The van der Waals surface area contributed by atoms with Crippen LogP contribution in [0.1, 0.15) is 62.3 Å². The Hall–Kier alpha value is -3.08. The van der Waals surface area contributed by atoms with Gasteiger partial charge in [-0.2, -0.15) is 0 Å². The van der Waals surface area contributed by atoms with Crippen LogP contribution in [0.25, 0.3) is 0 Å². The molecular weight excluding hydrogens is 352 g/mol. The Morgan fingerprint density at radius 3 is 2.25 bits per heavy atom. The SMILES string of the molecule is CC(C)c1ccc(C2NC(=O)C(C(=O)Nc3ccccc3C(C)C)=C2O)cc1.